The lowest BCUT2D eigenvalue weighted by atomic mass is 10.3. The van der Waals surface area contributed by atoms with Crippen molar-refractivity contribution in [3.05, 3.63) is 59.1 Å². The number of benzene rings is 2. The summed E-state index contributed by atoms with van der Waals surface area (Å²) in [5, 5.41) is 13.8. The zero-order valence-electron chi connectivity index (χ0n) is 13.0. The highest BCUT2D eigenvalue weighted by atomic mass is 35.5. The highest BCUT2D eigenvalue weighted by molar-refractivity contribution is 8.01. The number of amides is 1. The van der Waals surface area contributed by atoms with Crippen LogP contribution in [0, 0.1) is 11.6 Å². The van der Waals surface area contributed by atoms with Gasteiger partial charge in [0.1, 0.15) is 11.6 Å². The molecule has 26 heavy (non-hydrogen) atoms. The first kappa shape index (κ1) is 18.6. The standard InChI is InChI=1S/C16H11ClF2N4OS2/c17-9-5-6-13(11(19)7-9)20-14(24)8-25-16-23-22-15(26-16)21-12-4-2-1-3-10(12)18/h1-7H,8H2,(H,20,24)(H,21,22). The van der Waals surface area contributed by atoms with Gasteiger partial charge in [0.15, 0.2) is 4.34 Å². The van der Waals surface area contributed by atoms with E-state index < -0.39 is 17.5 Å². The second-order valence-electron chi connectivity index (χ2n) is 4.94. The Kier molecular flexibility index (Phi) is 6.02. The topological polar surface area (TPSA) is 66.9 Å². The fourth-order valence-corrected chi connectivity index (χ4v) is 3.62. The van der Waals surface area contributed by atoms with Crippen molar-refractivity contribution in [2.45, 2.75) is 4.34 Å². The van der Waals surface area contributed by atoms with Crippen molar-refractivity contribution in [1.29, 1.82) is 0 Å². The van der Waals surface area contributed by atoms with Crippen LogP contribution in [0.2, 0.25) is 5.02 Å². The number of rotatable bonds is 6. The van der Waals surface area contributed by atoms with E-state index in [1.54, 1.807) is 18.2 Å². The maximum absolute atomic E-state index is 13.7. The number of nitrogens with zero attached hydrogens (tertiary/aromatic N) is 2. The van der Waals surface area contributed by atoms with Gasteiger partial charge < -0.3 is 10.6 Å². The quantitative estimate of drug-likeness (QED) is 0.561. The number of halogens is 3. The number of carbonyl (C=O) groups is 1. The first-order valence-electron chi connectivity index (χ1n) is 7.24. The third kappa shape index (κ3) is 4.90. The summed E-state index contributed by atoms with van der Waals surface area (Å²) < 4.78 is 27.8. The molecule has 1 aromatic heterocycles. The van der Waals surface area contributed by atoms with Gasteiger partial charge in [-0.3, -0.25) is 4.79 Å². The minimum Gasteiger partial charge on any atom is -0.328 e. The van der Waals surface area contributed by atoms with Crippen molar-refractivity contribution >= 4 is 57.1 Å². The lowest BCUT2D eigenvalue weighted by Gasteiger charge is -2.05. The van der Waals surface area contributed by atoms with Crippen molar-refractivity contribution in [3.63, 3.8) is 0 Å². The second-order valence-corrected chi connectivity index (χ2v) is 7.58. The van der Waals surface area contributed by atoms with Gasteiger partial charge in [0.2, 0.25) is 11.0 Å². The summed E-state index contributed by atoms with van der Waals surface area (Å²) >= 11 is 7.99. The maximum atomic E-state index is 13.7. The molecule has 1 amide bonds. The molecular weight excluding hydrogens is 402 g/mol. The molecule has 3 rings (SSSR count). The molecule has 0 saturated heterocycles. The molecule has 10 heteroatoms. The van der Waals surface area contributed by atoms with Gasteiger partial charge in [0.05, 0.1) is 17.1 Å². The summed E-state index contributed by atoms with van der Waals surface area (Å²) in [7, 11) is 0. The molecule has 1 heterocycles. The van der Waals surface area contributed by atoms with E-state index in [0.29, 0.717) is 9.47 Å². The van der Waals surface area contributed by atoms with Crippen LogP contribution in [0.15, 0.2) is 46.8 Å². The van der Waals surface area contributed by atoms with Gasteiger partial charge in [-0.25, -0.2) is 8.78 Å². The van der Waals surface area contributed by atoms with Crippen LogP contribution in [-0.4, -0.2) is 21.9 Å². The number of nitrogens with one attached hydrogen (secondary N) is 2. The molecule has 0 fully saturated rings. The summed E-state index contributed by atoms with van der Waals surface area (Å²) in [4.78, 5) is 11.9. The summed E-state index contributed by atoms with van der Waals surface area (Å²) in [5.74, 6) is -1.38. The Morgan fingerprint density at radius 1 is 1.12 bits per heavy atom. The molecular formula is C16H11ClF2N4OS2. The lowest BCUT2D eigenvalue weighted by molar-refractivity contribution is -0.113. The van der Waals surface area contributed by atoms with E-state index in [4.69, 9.17) is 11.6 Å². The van der Waals surface area contributed by atoms with Gasteiger partial charge in [-0.05, 0) is 30.3 Å². The van der Waals surface area contributed by atoms with E-state index in [2.05, 4.69) is 20.8 Å². The largest absolute Gasteiger partial charge is 0.328 e. The number of hydrogen-bond acceptors (Lipinski definition) is 6. The predicted molar refractivity (Wildman–Crippen MR) is 100 cm³/mol. The van der Waals surface area contributed by atoms with Crippen molar-refractivity contribution in [2.75, 3.05) is 16.4 Å². The van der Waals surface area contributed by atoms with Crippen LogP contribution >= 0.6 is 34.7 Å². The Labute approximate surface area is 160 Å². The monoisotopic (exact) mass is 412 g/mol. The number of aromatic nitrogens is 2. The predicted octanol–water partition coefficient (Wildman–Crippen LogP) is 4.94. The molecule has 5 nitrogen and oxygen atoms in total. The Morgan fingerprint density at radius 3 is 2.69 bits per heavy atom. The number of para-hydroxylation sites is 1. The van der Waals surface area contributed by atoms with Crippen LogP contribution in [0.5, 0.6) is 0 Å². The van der Waals surface area contributed by atoms with Gasteiger partial charge >= 0.3 is 0 Å². The lowest BCUT2D eigenvalue weighted by Crippen LogP contribution is -2.14. The number of thioether (sulfide) groups is 1. The fraction of sp³-hybridized carbons (Fsp3) is 0.0625. The summed E-state index contributed by atoms with van der Waals surface area (Å²) in [6, 6.07) is 10.2. The third-order valence-electron chi connectivity index (χ3n) is 3.05. The fourth-order valence-electron chi connectivity index (χ4n) is 1.90. The second kappa shape index (κ2) is 8.43. The maximum Gasteiger partial charge on any atom is 0.234 e. The van der Waals surface area contributed by atoms with Crippen molar-refractivity contribution in [3.8, 4) is 0 Å². The van der Waals surface area contributed by atoms with E-state index in [1.165, 1.54) is 29.5 Å². The van der Waals surface area contributed by atoms with Crippen molar-refractivity contribution < 1.29 is 13.6 Å². The van der Waals surface area contributed by atoms with Crippen molar-refractivity contribution in [2.24, 2.45) is 0 Å². The highest BCUT2D eigenvalue weighted by Crippen LogP contribution is 2.28. The van der Waals surface area contributed by atoms with E-state index >= 15 is 0 Å². The molecule has 0 aliphatic heterocycles. The number of anilines is 3. The van der Waals surface area contributed by atoms with Crippen LogP contribution in [0.3, 0.4) is 0 Å². The van der Waals surface area contributed by atoms with E-state index in [9.17, 15) is 13.6 Å². The van der Waals surface area contributed by atoms with Gasteiger partial charge in [-0.2, -0.15) is 0 Å². The van der Waals surface area contributed by atoms with Crippen LogP contribution < -0.4 is 10.6 Å². The van der Waals surface area contributed by atoms with Gasteiger partial charge in [0, 0.05) is 5.02 Å². The van der Waals surface area contributed by atoms with Gasteiger partial charge in [-0.15, -0.1) is 10.2 Å². The molecule has 2 N–H and O–H groups in total. The smallest absolute Gasteiger partial charge is 0.234 e. The molecule has 2 aromatic carbocycles. The van der Waals surface area contributed by atoms with Crippen LogP contribution in [0.4, 0.5) is 25.3 Å². The zero-order chi connectivity index (χ0) is 18.5. The van der Waals surface area contributed by atoms with Crippen LogP contribution in [0.25, 0.3) is 0 Å². The Balaban J connectivity index is 1.54. The average Bonchev–Trinajstić information content (AvgIpc) is 3.05. The Bertz CT molecular complexity index is 938. The molecule has 0 aliphatic carbocycles. The highest BCUT2D eigenvalue weighted by Gasteiger charge is 2.11. The molecule has 0 spiro atoms. The number of hydrogen-bond donors (Lipinski definition) is 2. The van der Waals surface area contributed by atoms with E-state index in [0.717, 1.165) is 17.8 Å². The summed E-state index contributed by atoms with van der Waals surface area (Å²) in [6.07, 6.45) is 0. The van der Waals surface area contributed by atoms with Crippen LogP contribution in [-0.2, 0) is 4.79 Å². The molecule has 0 unspecified atom stereocenters. The molecule has 3 aromatic rings. The summed E-state index contributed by atoms with van der Waals surface area (Å²) in [6.45, 7) is 0. The van der Waals surface area contributed by atoms with E-state index in [1.807, 2.05) is 0 Å². The average molecular weight is 413 g/mol. The summed E-state index contributed by atoms with van der Waals surface area (Å²) in [5.41, 5.74) is 0.343. The normalized spacial score (nSPS) is 10.6. The molecule has 0 bridgehead atoms. The molecule has 0 aliphatic rings. The van der Waals surface area contributed by atoms with Crippen LogP contribution in [0.1, 0.15) is 0 Å². The molecule has 0 radical (unpaired) electrons. The van der Waals surface area contributed by atoms with Gasteiger partial charge in [-0.1, -0.05) is 46.8 Å². The minimum absolute atomic E-state index is 0.0242. The third-order valence-corrected chi connectivity index (χ3v) is 5.26. The minimum atomic E-state index is -0.608. The Morgan fingerprint density at radius 2 is 1.92 bits per heavy atom. The van der Waals surface area contributed by atoms with Gasteiger partial charge in [0.25, 0.3) is 0 Å². The van der Waals surface area contributed by atoms with E-state index in [-0.39, 0.29) is 22.2 Å². The Hall–Kier alpha value is -2.23. The zero-order valence-corrected chi connectivity index (χ0v) is 15.4. The SMILES string of the molecule is O=C(CSc1nnc(Nc2ccccc2F)s1)Nc1ccc(Cl)cc1F. The molecule has 0 atom stereocenters. The molecule has 0 saturated carbocycles. The van der Waals surface area contributed by atoms with Crippen molar-refractivity contribution in [1.82, 2.24) is 10.2 Å². The first-order chi connectivity index (χ1) is 12.5. The number of carbonyl (C=O) groups excluding carboxylic acids is 1. The first-order valence-corrected chi connectivity index (χ1v) is 9.42. The molecule has 134 valence electrons.